The van der Waals surface area contributed by atoms with E-state index in [1.807, 2.05) is 22.5 Å². The van der Waals surface area contributed by atoms with Crippen LogP contribution in [0.5, 0.6) is 0 Å². The molecule has 0 spiro atoms. The SMILES string of the molecule is O=C(/C=C/c1csc(-c2ccc(F)cc2)n1)N1CC=C(c2c[nH]c3ncccc23)CC1. The first-order chi connectivity index (χ1) is 15.2. The third-order valence-electron chi connectivity index (χ3n) is 5.33. The summed E-state index contributed by atoms with van der Waals surface area (Å²) in [6, 6.07) is 10.2. The van der Waals surface area contributed by atoms with Gasteiger partial charge in [-0.3, -0.25) is 4.79 Å². The molecule has 7 heteroatoms. The number of fused-ring (bicyclic) bond motifs is 1. The molecule has 0 aliphatic carbocycles. The summed E-state index contributed by atoms with van der Waals surface area (Å²) in [5.41, 5.74) is 4.84. The van der Waals surface area contributed by atoms with Gasteiger partial charge in [0.1, 0.15) is 16.5 Å². The summed E-state index contributed by atoms with van der Waals surface area (Å²) in [5, 5.41) is 3.79. The van der Waals surface area contributed by atoms with Crippen molar-refractivity contribution >= 4 is 39.9 Å². The van der Waals surface area contributed by atoms with Gasteiger partial charge in [-0.25, -0.2) is 14.4 Å². The molecule has 0 fully saturated rings. The minimum atomic E-state index is -0.272. The van der Waals surface area contributed by atoms with E-state index in [-0.39, 0.29) is 11.7 Å². The van der Waals surface area contributed by atoms with Crippen LogP contribution in [0, 0.1) is 5.82 Å². The lowest BCUT2D eigenvalue weighted by Gasteiger charge is -2.25. The molecule has 0 bridgehead atoms. The average Bonchev–Trinajstić information content (AvgIpc) is 3.45. The van der Waals surface area contributed by atoms with Crippen LogP contribution >= 0.6 is 11.3 Å². The Morgan fingerprint density at radius 1 is 1.23 bits per heavy atom. The number of H-pyrrole nitrogens is 1. The van der Waals surface area contributed by atoms with Gasteiger partial charge >= 0.3 is 0 Å². The van der Waals surface area contributed by atoms with Crippen molar-refractivity contribution in [2.75, 3.05) is 13.1 Å². The second-order valence-corrected chi connectivity index (χ2v) is 8.14. The number of hydrogen-bond donors (Lipinski definition) is 1. The van der Waals surface area contributed by atoms with Crippen LogP contribution in [0.15, 0.2) is 66.3 Å². The first-order valence-electron chi connectivity index (χ1n) is 9.97. The Bertz CT molecular complexity index is 1300. The van der Waals surface area contributed by atoms with Crippen molar-refractivity contribution in [1.29, 1.82) is 0 Å². The molecule has 0 unspecified atom stereocenters. The van der Waals surface area contributed by atoms with Crippen LogP contribution in [0.1, 0.15) is 17.7 Å². The summed E-state index contributed by atoms with van der Waals surface area (Å²) in [7, 11) is 0. The van der Waals surface area contributed by atoms with Crippen LogP contribution in [-0.2, 0) is 4.79 Å². The molecule has 1 N–H and O–H groups in total. The summed E-state index contributed by atoms with van der Waals surface area (Å²) in [5.74, 6) is -0.307. The van der Waals surface area contributed by atoms with Crippen molar-refractivity contribution in [3.8, 4) is 10.6 Å². The van der Waals surface area contributed by atoms with E-state index in [0.717, 1.165) is 39.3 Å². The molecule has 1 aliphatic rings. The number of hydrogen-bond acceptors (Lipinski definition) is 4. The zero-order valence-electron chi connectivity index (χ0n) is 16.6. The van der Waals surface area contributed by atoms with Gasteiger partial charge in [0, 0.05) is 53.5 Å². The monoisotopic (exact) mass is 430 g/mol. The Morgan fingerprint density at radius 3 is 2.90 bits per heavy atom. The Kier molecular flexibility index (Phi) is 5.18. The van der Waals surface area contributed by atoms with Gasteiger partial charge < -0.3 is 9.88 Å². The maximum atomic E-state index is 13.1. The topological polar surface area (TPSA) is 61.9 Å². The zero-order valence-corrected chi connectivity index (χ0v) is 17.4. The molecule has 4 aromatic rings. The maximum Gasteiger partial charge on any atom is 0.246 e. The predicted octanol–water partition coefficient (Wildman–Crippen LogP) is 5.15. The van der Waals surface area contributed by atoms with Crippen molar-refractivity contribution in [3.05, 3.63) is 83.4 Å². The molecule has 1 amide bonds. The minimum absolute atomic E-state index is 0.0350. The highest BCUT2D eigenvalue weighted by atomic mass is 32.1. The van der Waals surface area contributed by atoms with E-state index in [2.05, 4.69) is 27.1 Å². The fraction of sp³-hybridized carbons (Fsp3) is 0.125. The second-order valence-electron chi connectivity index (χ2n) is 7.28. The molecule has 1 aliphatic heterocycles. The van der Waals surface area contributed by atoms with Crippen LogP contribution in [-0.4, -0.2) is 38.8 Å². The standard InChI is InChI=1S/C24H19FN4OS/c25-18-5-3-17(4-6-18)24-28-19(15-31-24)7-8-22(30)29-12-9-16(10-13-29)21-14-27-23-20(21)2-1-11-26-23/h1-9,11,14-15H,10,12-13H2,(H,26,27)/b8-7+. The summed E-state index contributed by atoms with van der Waals surface area (Å²) in [6.07, 6.45) is 9.97. The summed E-state index contributed by atoms with van der Waals surface area (Å²) in [4.78, 5) is 26.5. The van der Waals surface area contributed by atoms with Crippen molar-refractivity contribution in [1.82, 2.24) is 19.9 Å². The number of aromatic amines is 1. The first kappa shape index (κ1) is 19.4. The van der Waals surface area contributed by atoms with Gasteiger partial charge in [-0.1, -0.05) is 6.08 Å². The molecule has 0 saturated heterocycles. The highest BCUT2D eigenvalue weighted by Gasteiger charge is 2.18. The Balaban J connectivity index is 1.25. The molecular weight excluding hydrogens is 411 g/mol. The highest BCUT2D eigenvalue weighted by Crippen LogP contribution is 2.28. The van der Waals surface area contributed by atoms with Crippen molar-refractivity contribution in [2.45, 2.75) is 6.42 Å². The third-order valence-corrected chi connectivity index (χ3v) is 6.24. The molecule has 4 heterocycles. The van der Waals surface area contributed by atoms with Crippen LogP contribution in [0.25, 0.3) is 33.3 Å². The Hall–Kier alpha value is -3.58. The van der Waals surface area contributed by atoms with Crippen LogP contribution < -0.4 is 0 Å². The predicted molar refractivity (Wildman–Crippen MR) is 122 cm³/mol. The summed E-state index contributed by atoms with van der Waals surface area (Å²) < 4.78 is 13.1. The zero-order chi connectivity index (χ0) is 21.2. The van der Waals surface area contributed by atoms with E-state index >= 15 is 0 Å². The van der Waals surface area contributed by atoms with Gasteiger partial charge in [-0.2, -0.15) is 0 Å². The number of aromatic nitrogens is 3. The molecule has 5 nitrogen and oxygen atoms in total. The normalized spacial score (nSPS) is 14.4. The highest BCUT2D eigenvalue weighted by molar-refractivity contribution is 7.13. The summed E-state index contributed by atoms with van der Waals surface area (Å²) in [6.45, 7) is 1.24. The van der Waals surface area contributed by atoms with Gasteiger partial charge in [0.25, 0.3) is 0 Å². The number of carbonyl (C=O) groups excluding carboxylic acids is 1. The minimum Gasteiger partial charge on any atom is -0.346 e. The molecule has 0 atom stereocenters. The fourth-order valence-corrected chi connectivity index (χ4v) is 4.48. The van der Waals surface area contributed by atoms with E-state index in [1.165, 1.54) is 29.0 Å². The number of nitrogens with zero attached hydrogens (tertiary/aromatic N) is 3. The van der Waals surface area contributed by atoms with Gasteiger partial charge in [0.05, 0.1) is 5.69 Å². The van der Waals surface area contributed by atoms with E-state index in [4.69, 9.17) is 0 Å². The van der Waals surface area contributed by atoms with Gasteiger partial charge in [-0.05, 0) is 54.5 Å². The maximum absolute atomic E-state index is 13.1. The number of thiazole rings is 1. The number of rotatable bonds is 4. The van der Waals surface area contributed by atoms with E-state index in [9.17, 15) is 9.18 Å². The third kappa shape index (κ3) is 4.04. The Labute approximate surface area is 182 Å². The quantitative estimate of drug-likeness (QED) is 0.455. The van der Waals surface area contributed by atoms with E-state index in [0.29, 0.717) is 13.1 Å². The molecule has 31 heavy (non-hydrogen) atoms. The molecule has 0 saturated carbocycles. The largest absolute Gasteiger partial charge is 0.346 e. The Morgan fingerprint density at radius 2 is 2.10 bits per heavy atom. The van der Waals surface area contributed by atoms with Crippen LogP contribution in [0.3, 0.4) is 0 Å². The van der Waals surface area contributed by atoms with Gasteiger partial charge in [0.15, 0.2) is 0 Å². The molecule has 1 aromatic carbocycles. The number of halogens is 1. The number of nitrogens with one attached hydrogen (secondary N) is 1. The van der Waals surface area contributed by atoms with E-state index < -0.39 is 0 Å². The molecule has 5 rings (SSSR count). The lowest BCUT2D eigenvalue weighted by Crippen LogP contribution is -2.33. The van der Waals surface area contributed by atoms with Crippen molar-refractivity contribution < 1.29 is 9.18 Å². The van der Waals surface area contributed by atoms with Crippen LogP contribution in [0.2, 0.25) is 0 Å². The molecular formula is C24H19FN4OS. The molecule has 0 radical (unpaired) electrons. The number of carbonyl (C=O) groups is 1. The average molecular weight is 431 g/mol. The summed E-state index contributed by atoms with van der Waals surface area (Å²) >= 11 is 1.47. The number of benzene rings is 1. The van der Waals surface area contributed by atoms with Crippen LogP contribution in [0.4, 0.5) is 4.39 Å². The number of pyridine rings is 1. The first-order valence-corrected chi connectivity index (χ1v) is 10.9. The molecule has 3 aromatic heterocycles. The van der Waals surface area contributed by atoms with Crippen molar-refractivity contribution in [3.63, 3.8) is 0 Å². The molecule has 154 valence electrons. The van der Waals surface area contributed by atoms with Gasteiger partial charge in [0.2, 0.25) is 5.91 Å². The number of amides is 1. The second kappa shape index (κ2) is 8.28. The lowest BCUT2D eigenvalue weighted by atomic mass is 9.99. The fourth-order valence-electron chi connectivity index (χ4n) is 3.69. The van der Waals surface area contributed by atoms with Gasteiger partial charge in [-0.15, -0.1) is 11.3 Å². The van der Waals surface area contributed by atoms with Crippen molar-refractivity contribution in [2.24, 2.45) is 0 Å². The smallest absolute Gasteiger partial charge is 0.246 e. The lowest BCUT2D eigenvalue weighted by molar-refractivity contribution is -0.125. The van der Waals surface area contributed by atoms with E-state index in [1.54, 1.807) is 30.5 Å².